The summed E-state index contributed by atoms with van der Waals surface area (Å²) in [5, 5.41) is 1.21. The predicted molar refractivity (Wildman–Crippen MR) is 56.7 cm³/mol. The lowest BCUT2D eigenvalue weighted by atomic mass is 10.4. The van der Waals surface area contributed by atoms with Gasteiger partial charge in [0.15, 0.2) is 0 Å². The largest absolute Gasteiger partial charge is 0.222 e. The lowest BCUT2D eigenvalue weighted by molar-refractivity contribution is 1.71. The number of benzene rings is 1. The van der Waals surface area contributed by atoms with Gasteiger partial charge in [0.1, 0.15) is 0 Å². The van der Waals surface area contributed by atoms with Crippen LogP contribution in [0.3, 0.4) is 0 Å². The maximum absolute atomic E-state index is 5.58. The first-order chi connectivity index (χ1) is 5.22. The lowest BCUT2D eigenvalue weighted by Gasteiger charge is -1.88. The van der Waals surface area contributed by atoms with E-state index in [-0.39, 0.29) is 0 Å². The van der Waals surface area contributed by atoms with Gasteiger partial charge in [-0.1, -0.05) is 35.3 Å². The first-order valence-electron chi connectivity index (χ1n) is 2.74. The van der Waals surface area contributed by atoms with Crippen LogP contribution in [0.15, 0.2) is 24.3 Å². The van der Waals surface area contributed by atoms with Crippen LogP contribution in [0.25, 0.3) is 0 Å². The Kier molecular flexibility index (Phi) is 7.65. The molecule has 0 nitrogen and oxygen atoms in total. The van der Waals surface area contributed by atoms with Crippen molar-refractivity contribution in [3.05, 3.63) is 34.3 Å². The van der Waals surface area contributed by atoms with Gasteiger partial charge in [0.2, 0.25) is 8.14 Å². The average Bonchev–Trinajstić information content (AvgIpc) is 1.97. The van der Waals surface area contributed by atoms with Gasteiger partial charge < -0.3 is 0 Å². The van der Waals surface area contributed by atoms with E-state index in [1.165, 1.54) is 0 Å². The first kappa shape index (κ1) is 11.6. The summed E-state index contributed by atoms with van der Waals surface area (Å²) in [7, 11) is -0.639. The normalized spacial score (nSPS) is 8.36. The zero-order valence-corrected chi connectivity index (χ0v) is 9.97. The van der Waals surface area contributed by atoms with E-state index in [2.05, 4.69) is 0 Å². The van der Waals surface area contributed by atoms with Crippen molar-refractivity contribution < 1.29 is 0 Å². The third-order valence-electron chi connectivity index (χ3n) is 0.824. The van der Waals surface area contributed by atoms with Gasteiger partial charge in [0, 0.05) is 0 Å². The molecule has 0 amide bonds. The van der Waals surface area contributed by atoms with E-state index in [9.17, 15) is 0 Å². The topological polar surface area (TPSA) is 0 Å². The van der Waals surface area contributed by atoms with Crippen molar-refractivity contribution in [2.75, 3.05) is 0 Å². The molecule has 0 atom stereocenters. The van der Waals surface area contributed by atoms with E-state index in [0.717, 1.165) is 0 Å². The SMILES string of the molecule is Cl[SiH2]Cl.Clc1ccccc1Cl. The standard InChI is InChI=1S/C6H4Cl2.Cl2H2Si/c7-5-3-1-2-4-6(5)8;1-3-2/h1-4H;3H2. The van der Waals surface area contributed by atoms with Gasteiger partial charge in [-0.15, -0.1) is 0 Å². The van der Waals surface area contributed by atoms with Crippen LogP contribution in [0, 0.1) is 0 Å². The second-order valence-corrected chi connectivity index (χ2v) is 4.96. The summed E-state index contributed by atoms with van der Waals surface area (Å²) in [6, 6.07) is 7.19. The number of halogens is 4. The maximum Gasteiger partial charge on any atom is 0.222 e. The summed E-state index contributed by atoms with van der Waals surface area (Å²) < 4.78 is 0. The lowest BCUT2D eigenvalue weighted by Crippen LogP contribution is -1.62. The molecule has 0 saturated carbocycles. The Hall–Kier alpha value is 0.597. The molecule has 0 fully saturated rings. The van der Waals surface area contributed by atoms with E-state index >= 15 is 0 Å². The summed E-state index contributed by atoms with van der Waals surface area (Å²) >= 11 is 21.0. The molecule has 0 aliphatic heterocycles. The van der Waals surface area contributed by atoms with Crippen LogP contribution in [0.4, 0.5) is 0 Å². The van der Waals surface area contributed by atoms with Gasteiger partial charge in [-0.3, -0.25) is 0 Å². The van der Waals surface area contributed by atoms with Crippen molar-refractivity contribution in [1.82, 2.24) is 0 Å². The molecule has 0 saturated heterocycles. The van der Waals surface area contributed by atoms with E-state index < -0.39 is 8.14 Å². The molecule has 0 bridgehead atoms. The molecule has 62 valence electrons. The Morgan fingerprint density at radius 3 is 1.36 bits per heavy atom. The first-order valence-corrected chi connectivity index (χ1v) is 7.77. The summed E-state index contributed by atoms with van der Waals surface area (Å²) in [5.74, 6) is 0. The zero-order valence-electron chi connectivity index (χ0n) is 5.53. The van der Waals surface area contributed by atoms with Crippen LogP contribution in [-0.4, -0.2) is 8.14 Å². The summed E-state index contributed by atoms with van der Waals surface area (Å²) in [6.45, 7) is 0. The molecular weight excluding hydrogens is 242 g/mol. The minimum Gasteiger partial charge on any atom is -0.155 e. The van der Waals surface area contributed by atoms with Crippen molar-refractivity contribution in [1.29, 1.82) is 0 Å². The highest BCUT2D eigenvalue weighted by molar-refractivity contribution is 7.22. The summed E-state index contributed by atoms with van der Waals surface area (Å²) in [6.07, 6.45) is 0. The van der Waals surface area contributed by atoms with Crippen LogP contribution in [-0.2, 0) is 0 Å². The molecule has 1 aromatic carbocycles. The monoisotopic (exact) mass is 246 g/mol. The minimum atomic E-state index is -0.639. The van der Waals surface area contributed by atoms with Gasteiger partial charge in [0.05, 0.1) is 10.0 Å². The number of hydrogen-bond acceptors (Lipinski definition) is 0. The van der Waals surface area contributed by atoms with E-state index in [1.807, 2.05) is 12.1 Å². The third kappa shape index (κ3) is 5.82. The van der Waals surface area contributed by atoms with Crippen LogP contribution in [0.5, 0.6) is 0 Å². The Balaban J connectivity index is 0.000000292. The molecule has 1 aromatic rings. The number of hydrogen-bond donors (Lipinski definition) is 0. The molecule has 0 spiro atoms. The van der Waals surface area contributed by atoms with Crippen LogP contribution < -0.4 is 0 Å². The molecule has 11 heavy (non-hydrogen) atoms. The summed E-state index contributed by atoms with van der Waals surface area (Å²) in [4.78, 5) is 0. The molecule has 0 aliphatic carbocycles. The second-order valence-electron chi connectivity index (χ2n) is 1.52. The molecule has 0 aromatic heterocycles. The van der Waals surface area contributed by atoms with Crippen molar-refractivity contribution in [2.45, 2.75) is 0 Å². The quantitative estimate of drug-likeness (QED) is 0.487. The Morgan fingerprint density at radius 2 is 1.18 bits per heavy atom. The fourth-order valence-corrected chi connectivity index (χ4v) is 0.711. The molecule has 0 N–H and O–H groups in total. The smallest absolute Gasteiger partial charge is 0.155 e. The molecule has 5 heteroatoms. The zero-order chi connectivity index (χ0) is 8.69. The van der Waals surface area contributed by atoms with Gasteiger partial charge in [0.25, 0.3) is 0 Å². The van der Waals surface area contributed by atoms with Crippen LogP contribution in [0.2, 0.25) is 10.0 Å². The fourth-order valence-electron chi connectivity index (χ4n) is 0.439. The summed E-state index contributed by atoms with van der Waals surface area (Å²) in [5.41, 5.74) is 0. The Bertz CT molecular complexity index is 183. The maximum atomic E-state index is 5.58. The van der Waals surface area contributed by atoms with Gasteiger partial charge >= 0.3 is 0 Å². The predicted octanol–water partition coefficient (Wildman–Crippen LogP) is 3.46. The molecule has 0 heterocycles. The van der Waals surface area contributed by atoms with Crippen LogP contribution >= 0.6 is 45.4 Å². The van der Waals surface area contributed by atoms with E-state index in [1.54, 1.807) is 12.1 Å². The Morgan fingerprint density at radius 1 is 0.909 bits per heavy atom. The highest BCUT2D eigenvalue weighted by Crippen LogP contribution is 2.19. The highest BCUT2D eigenvalue weighted by Gasteiger charge is 1.89. The molecule has 1 rings (SSSR count). The van der Waals surface area contributed by atoms with Gasteiger partial charge in [-0.2, -0.15) is 22.2 Å². The van der Waals surface area contributed by atoms with E-state index in [0.29, 0.717) is 10.0 Å². The number of rotatable bonds is 0. The van der Waals surface area contributed by atoms with Crippen molar-refractivity contribution >= 4 is 53.5 Å². The van der Waals surface area contributed by atoms with Crippen molar-refractivity contribution in [3.8, 4) is 0 Å². The molecule has 0 aliphatic rings. The van der Waals surface area contributed by atoms with E-state index in [4.69, 9.17) is 45.4 Å². The van der Waals surface area contributed by atoms with Gasteiger partial charge in [-0.05, 0) is 12.1 Å². The fraction of sp³-hybridized carbons (Fsp3) is 0. The minimum absolute atomic E-state index is 0.606. The molecule has 0 radical (unpaired) electrons. The average molecular weight is 248 g/mol. The van der Waals surface area contributed by atoms with Crippen LogP contribution in [0.1, 0.15) is 0 Å². The van der Waals surface area contributed by atoms with Crippen molar-refractivity contribution in [3.63, 3.8) is 0 Å². The van der Waals surface area contributed by atoms with Gasteiger partial charge in [-0.25, -0.2) is 0 Å². The van der Waals surface area contributed by atoms with Crippen molar-refractivity contribution in [2.24, 2.45) is 0 Å². The molecular formula is C6H6Cl4Si. The third-order valence-corrected chi connectivity index (χ3v) is 1.58. The molecule has 0 unspecified atom stereocenters. The highest BCUT2D eigenvalue weighted by atomic mass is 35.7. The second kappa shape index (κ2) is 7.26. The Labute approximate surface area is 87.6 Å².